The van der Waals surface area contributed by atoms with Gasteiger partial charge < -0.3 is 4.74 Å². The fourth-order valence-corrected chi connectivity index (χ4v) is 2.73. The smallest absolute Gasteiger partial charge is 0.138 e. The minimum absolute atomic E-state index is 0.450. The van der Waals surface area contributed by atoms with Crippen LogP contribution in [-0.4, -0.2) is 9.78 Å². The van der Waals surface area contributed by atoms with Gasteiger partial charge in [0, 0.05) is 6.54 Å². The van der Waals surface area contributed by atoms with Gasteiger partial charge in [-0.15, -0.1) is 0 Å². The Bertz CT molecular complexity index is 569. The van der Waals surface area contributed by atoms with Gasteiger partial charge in [-0.25, -0.2) is 0 Å². The maximum absolute atomic E-state index is 6.08. The van der Waals surface area contributed by atoms with Gasteiger partial charge in [0.25, 0.3) is 0 Å². The second-order valence-electron chi connectivity index (χ2n) is 4.10. The van der Waals surface area contributed by atoms with Crippen LogP contribution in [0.4, 0.5) is 0 Å². The average molecular weight is 344 g/mol. The molecule has 0 aliphatic rings. The van der Waals surface area contributed by atoms with Crippen molar-refractivity contribution in [3.8, 4) is 5.75 Å². The van der Waals surface area contributed by atoms with Crippen LogP contribution in [0.25, 0.3) is 0 Å². The largest absolute Gasteiger partial charge is 0.486 e. The normalized spacial score (nSPS) is 10.7. The van der Waals surface area contributed by atoms with Crippen molar-refractivity contribution >= 4 is 27.5 Å². The summed E-state index contributed by atoms with van der Waals surface area (Å²) >= 11 is 9.68. The first-order chi connectivity index (χ1) is 9.17. The second kappa shape index (κ2) is 6.44. The summed E-state index contributed by atoms with van der Waals surface area (Å²) in [6.45, 7) is 5.43. The number of ether oxygens (including phenoxy) is 1. The summed E-state index contributed by atoms with van der Waals surface area (Å²) in [6, 6.07) is 7.48. The van der Waals surface area contributed by atoms with Gasteiger partial charge in [0.2, 0.25) is 0 Å². The number of hydrogen-bond acceptors (Lipinski definition) is 2. The van der Waals surface area contributed by atoms with Gasteiger partial charge in [-0.2, -0.15) is 5.10 Å². The van der Waals surface area contributed by atoms with Crippen LogP contribution >= 0.6 is 27.5 Å². The summed E-state index contributed by atoms with van der Waals surface area (Å²) in [7, 11) is 0. The number of rotatable bonds is 5. The SMILES string of the molecule is CCc1nn(CC)c(COc2ccccc2Cl)c1Br. The summed E-state index contributed by atoms with van der Waals surface area (Å²) in [5, 5.41) is 5.16. The van der Waals surface area contributed by atoms with Crippen LogP contribution in [0, 0.1) is 0 Å². The molecule has 0 unspecified atom stereocenters. The lowest BCUT2D eigenvalue weighted by atomic mass is 10.3. The molecule has 1 aromatic carbocycles. The molecule has 0 saturated carbocycles. The zero-order chi connectivity index (χ0) is 13.8. The highest BCUT2D eigenvalue weighted by Gasteiger charge is 2.14. The van der Waals surface area contributed by atoms with Crippen LogP contribution < -0.4 is 4.74 Å². The van der Waals surface area contributed by atoms with Crippen molar-refractivity contribution in [1.82, 2.24) is 9.78 Å². The third-order valence-electron chi connectivity index (χ3n) is 2.90. The fraction of sp³-hybridized carbons (Fsp3) is 0.357. The van der Waals surface area contributed by atoms with Crippen molar-refractivity contribution in [2.45, 2.75) is 33.4 Å². The fourth-order valence-electron chi connectivity index (χ4n) is 1.86. The third kappa shape index (κ3) is 3.12. The van der Waals surface area contributed by atoms with Crippen molar-refractivity contribution in [1.29, 1.82) is 0 Å². The highest BCUT2D eigenvalue weighted by atomic mass is 79.9. The van der Waals surface area contributed by atoms with Crippen molar-refractivity contribution in [3.05, 3.63) is 45.1 Å². The van der Waals surface area contributed by atoms with Gasteiger partial charge in [0.1, 0.15) is 12.4 Å². The molecule has 3 nitrogen and oxygen atoms in total. The molecular weight excluding hydrogens is 328 g/mol. The Morgan fingerprint density at radius 1 is 1.32 bits per heavy atom. The molecule has 102 valence electrons. The lowest BCUT2D eigenvalue weighted by molar-refractivity contribution is 0.292. The number of halogens is 2. The topological polar surface area (TPSA) is 27.1 Å². The van der Waals surface area contributed by atoms with E-state index in [2.05, 4.69) is 34.9 Å². The Kier molecular flexibility index (Phi) is 4.88. The minimum Gasteiger partial charge on any atom is -0.486 e. The Balaban J connectivity index is 2.20. The van der Waals surface area contributed by atoms with E-state index >= 15 is 0 Å². The molecular formula is C14H16BrClN2O. The summed E-state index contributed by atoms with van der Waals surface area (Å²) in [4.78, 5) is 0. The van der Waals surface area contributed by atoms with Gasteiger partial charge in [-0.05, 0) is 41.4 Å². The Hall–Kier alpha value is -1.000. The van der Waals surface area contributed by atoms with Crippen LogP contribution in [0.1, 0.15) is 25.2 Å². The molecule has 2 rings (SSSR count). The number of nitrogens with zero attached hydrogens (tertiary/aromatic N) is 2. The van der Waals surface area contributed by atoms with E-state index in [0.29, 0.717) is 17.4 Å². The highest BCUT2D eigenvalue weighted by molar-refractivity contribution is 9.10. The van der Waals surface area contributed by atoms with Gasteiger partial charge in [0.05, 0.1) is 20.9 Å². The van der Waals surface area contributed by atoms with Crippen LogP contribution in [0.3, 0.4) is 0 Å². The Morgan fingerprint density at radius 3 is 2.68 bits per heavy atom. The number of aryl methyl sites for hydroxylation is 2. The first-order valence-electron chi connectivity index (χ1n) is 6.28. The van der Waals surface area contributed by atoms with E-state index < -0.39 is 0 Å². The summed E-state index contributed by atoms with van der Waals surface area (Å²) < 4.78 is 8.77. The number of benzene rings is 1. The molecule has 0 bridgehead atoms. The lowest BCUT2D eigenvalue weighted by Gasteiger charge is -2.09. The third-order valence-corrected chi connectivity index (χ3v) is 4.12. The van der Waals surface area contributed by atoms with E-state index in [0.717, 1.165) is 28.8 Å². The van der Waals surface area contributed by atoms with E-state index in [4.69, 9.17) is 16.3 Å². The van der Waals surface area contributed by atoms with Crippen molar-refractivity contribution in [2.24, 2.45) is 0 Å². The van der Waals surface area contributed by atoms with E-state index in [1.165, 1.54) is 0 Å². The molecule has 2 aromatic rings. The Labute approximate surface area is 126 Å². The molecule has 5 heteroatoms. The summed E-state index contributed by atoms with van der Waals surface area (Å²) in [5.41, 5.74) is 2.10. The van der Waals surface area contributed by atoms with Crippen LogP contribution in [-0.2, 0) is 19.6 Å². The molecule has 0 saturated heterocycles. The zero-order valence-corrected chi connectivity index (χ0v) is 13.3. The van der Waals surface area contributed by atoms with Crippen LogP contribution in [0.15, 0.2) is 28.7 Å². The molecule has 0 atom stereocenters. The molecule has 0 aliphatic carbocycles. The highest BCUT2D eigenvalue weighted by Crippen LogP contribution is 2.27. The Morgan fingerprint density at radius 2 is 2.05 bits per heavy atom. The first kappa shape index (κ1) is 14.4. The van der Waals surface area contributed by atoms with E-state index in [9.17, 15) is 0 Å². The molecule has 0 radical (unpaired) electrons. The number of para-hydroxylation sites is 1. The maximum atomic E-state index is 6.08. The molecule has 1 aromatic heterocycles. The maximum Gasteiger partial charge on any atom is 0.138 e. The first-order valence-corrected chi connectivity index (χ1v) is 7.45. The number of aromatic nitrogens is 2. The van der Waals surface area contributed by atoms with Crippen molar-refractivity contribution < 1.29 is 4.74 Å². The average Bonchev–Trinajstić information content (AvgIpc) is 2.74. The molecule has 0 N–H and O–H groups in total. The molecule has 19 heavy (non-hydrogen) atoms. The van der Waals surface area contributed by atoms with Gasteiger partial charge >= 0.3 is 0 Å². The van der Waals surface area contributed by atoms with E-state index in [1.54, 1.807) is 0 Å². The zero-order valence-electron chi connectivity index (χ0n) is 11.0. The van der Waals surface area contributed by atoms with Crippen LogP contribution in [0.2, 0.25) is 5.02 Å². The van der Waals surface area contributed by atoms with Crippen LogP contribution in [0.5, 0.6) is 5.75 Å². The summed E-state index contributed by atoms with van der Waals surface area (Å²) in [6.07, 6.45) is 0.896. The standard InChI is InChI=1S/C14H16BrClN2O/c1-3-11-14(15)12(18(4-2)17-11)9-19-13-8-6-5-7-10(13)16/h5-8H,3-4,9H2,1-2H3. The predicted octanol–water partition coefficient (Wildman–Crippen LogP) is 4.46. The minimum atomic E-state index is 0.450. The second-order valence-corrected chi connectivity index (χ2v) is 5.30. The van der Waals surface area contributed by atoms with Gasteiger partial charge in [-0.1, -0.05) is 30.7 Å². The molecule has 0 aliphatic heterocycles. The van der Waals surface area contributed by atoms with Gasteiger partial charge in [-0.3, -0.25) is 4.68 Å². The quantitative estimate of drug-likeness (QED) is 0.801. The molecule has 0 spiro atoms. The molecule has 0 amide bonds. The molecule has 1 heterocycles. The summed E-state index contributed by atoms with van der Waals surface area (Å²) in [5.74, 6) is 0.693. The van der Waals surface area contributed by atoms with Crippen molar-refractivity contribution in [3.63, 3.8) is 0 Å². The lowest BCUT2D eigenvalue weighted by Crippen LogP contribution is -2.06. The monoisotopic (exact) mass is 342 g/mol. The van der Waals surface area contributed by atoms with Gasteiger partial charge in [0.15, 0.2) is 0 Å². The molecule has 0 fully saturated rings. The van der Waals surface area contributed by atoms with E-state index in [1.807, 2.05) is 28.9 Å². The van der Waals surface area contributed by atoms with Crippen molar-refractivity contribution in [2.75, 3.05) is 0 Å². The predicted molar refractivity (Wildman–Crippen MR) is 80.8 cm³/mol. The number of hydrogen-bond donors (Lipinski definition) is 0. The van der Waals surface area contributed by atoms with E-state index in [-0.39, 0.29) is 0 Å².